The van der Waals surface area contributed by atoms with Crippen molar-refractivity contribution in [3.63, 3.8) is 0 Å². The van der Waals surface area contributed by atoms with E-state index in [2.05, 4.69) is 5.32 Å². The predicted octanol–water partition coefficient (Wildman–Crippen LogP) is 0.557. The van der Waals surface area contributed by atoms with Gasteiger partial charge in [0, 0.05) is 19.3 Å². The van der Waals surface area contributed by atoms with Gasteiger partial charge < -0.3 is 20.9 Å². The molecular formula is C14H20N2O3. The second kappa shape index (κ2) is 6.54. The summed E-state index contributed by atoms with van der Waals surface area (Å²) in [6, 6.07) is 6.35. The topological polar surface area (TPSA) is 84.6 Å². The summed E-state index contributed by atoms with van der Waals surface area (Å²) in [6.45, 7) is 1.39. The molecule has 0 aliphatic carbocycles. The lowest BCUT2D eigenvalue weighted by Gasteiger charge is -2.24. The molecule has 5 heteroatoms. The van der Waals surface area contributed by atoms with Crippen LogP contribution in [-0.2, 0) is 16.0 Å². The highest BCUT2D eigenvalue weighted by atomic mass is 16.5. The average molecular weight is 264 g/mol. The average Bonchev–Trinajstić information content (AvgIpc) is 2.42. The number of nitrogens with one attached hydrogen (secondary N) is 1. The molecule has 1 amide bonds. The maximum absolute atomic E-state index is 12.0. The van der Waals surface area contributed by atoms with Crippen LogP contribution >= 0.6 is 0 Å². The number of ether oxygens (including phenoxy) is 1. The quantitative estimate of drug-likeness (QED) is 0.741. The molecule has 19 heavy (non-hydrogen) atoms. The largest absolute Gasteiger partial charge is 0.508 e. The van der Waals surface area contributed by atoms with Gasteiger partial charge in [0.15, 0.2) is 0 Å². The Labute approximate surface area is 112 Å². The summed E-state index contributed by atoms with van der Waals surface area (Å²) in [7, 11) is 0. The normalized spacial score (nSPS) is 17.9. The van der Waals surface area contributed by atoms with Gasteiger partial charge >= 0.3 is 0 Å². The Morgan fingerprint density at radius 1 is 1.37 bits per heavy atom. The van der Waals surface area contributed by atoms with Crippen LogP contribution in [0.25, 0.3) is 0 Å². The maximum Gasteiger partial charge on any atom is 0.237 e. The van der Waals surface area contributed by atoms with Crippen LogP contribution in [0.1, 0.15) is 18.4 Å². The van der Waals surface area contributed by atoms with E-state index < -0.39 is 6.04 Å². The van der Waals surface area contributed by atoms with Gasteiger partial charge in [0.2, 0.25) is 5.91 Å². The van der Waals surface area contributed by atoms with Crippen molar-refractivity contribution in [3.8, 4) is 5.75 Å². The highest BCUT2D eigenvalue weighted by molar-refractivity contribution is 5.82. The number of nitrogens with two attached hydrogens (primary N) is 1. The Bertz CT molecular complexity index is 413. The second-order valence-corrected chi connectivity index (χ2v) is 4.87. The van der Waals surface area contributed by atoms with Gasteiger partial charge in [-0.2, -0.15) is 0 Å². The number of hydrogen-bond donors (Lipinski definition) is 3. The summed E-state index contributed by atoms with van der Waals surface area (Å²) in [6.07, 6.45) is 2.16. The first-order valence-electron chi connectivity index (χ1n) is 6.57. The van der Waals surface area contributed by atoms with Crippen LogP contribution < -0.4 is 11.1 Å². The van der Waals surface area contributed by atoms with Crippen molar-refractivity contribution >= 4 is 5.91 Å². The summed E-state index contributed by atoms with van der Waals surface area (Å²) in [5, 5.41) is 12.2. The van der Waals surface area contributed by atoms with Crippen LogP contribution in [0, 0.1) is 0 Å². The minimum atomic E-state index is -0.563. The molecule has 1 atom stereocenters. The molecule has 1 aromatic rings. The van der Waals surface area contributed by atoms with Crippen molar-refractivity contribution in [2.45, 2.75) is 31.3 Å². The number of benzene rings is 1. The zero-order valence-electron chi connectivity index (χ0n) is 10.8. The van der Waals surface area contributed by atoms with Crippen molar-refractivity contribution in [1.82, 2.24) is 5.32 Å². The molecule has 0 bridgehead atoms. The third-order valence-electron chi connectivity index (χ3n) is 3.30. The minimum Gasteiger partial charge on any atom is -0.508 e. The van der Waals surface area contributed by atoms with Crippen LogP contribution in [0.5, 0.6) is 5.75 Å². The van der Waals surface area contributed by atoms with E-state index in [1.165, 1.54) is 0 Å². The number of hydrogen-bond acceptors (Lipinski definition) is 4. The first-order valence-corrected chi connectivity index (χ1v) is 6.57. The monoisotopic (exact) mass is 264 g/mol. The van der Waals surface area contributed by atoms with E-state index in [0.29, 0.717) is 19.6 Å². The van der Waals surface area contributed by atoms with Gasteiger partial charge in [-0.25, -0.2) is 0 Å². The lowest BCUT2D eigenvalue weighted by molar-refractivity contribution is -0.123. The smallest absolute Gasteiger partial charge is 0.237 e. The van der Waals surface area contributed by atoms with Gasteiger partial charge in [0.25, 0.3) is 0 Å². The van der Waals surface area contributed by atoms with Crippen molar-refractivity contribution in [2.75, 3.05) is 13.2 Å². The van der Waals surface area contributed by atoms with Crippen LogP contribution in [0.15, 0.2) is 24.3 Å². The molecule has 2 rings (SSSR count). The fraction of sp³-hybridized carbons (Fsp3) is 0.500. The SMILES string of the molecule is N[C@H](Cc1ccc(O)cc1)C(=O)NC1CCOCC1. The van der Waals surface area contributed by atoms with E-state index in [9.17, 15) is 9.90 Å². The molecule has 1 aliphatic heterocycles. The zero-order valence-corrected chi connectivity index (χ0v) is 10.8. The van der Waals surface area contributed by atoms with E-state index in [1.54, 1.807) is 24.3 Å². The number of amides is 1. The van der Waals surface area contributed by atoms with Gasteiger partial charge in [0.05, 0.1) is 6.04 Å². The Hall–Kier alpha value is -1.59. The van der Waals surface area contributed by atoms with E-state index >= 15 is 0 Å². The Balaban J connectivity index is 1.83. The summed E-state index contributed by atoms with van der Waals surface area (Å²) < 4.78 is 5.24. The van der Waals surface area contributed by atoms with Gasteiger partial charge in [-0.15, -0.1) is 0 Å². The number of phenolic OH excluding ortho intramolecular Hbond substituents is 1. The van der Waals surface area contributed by atoms with Crippen LogP contribution in [0.3, 0.4) is 0 Å². The third kappa shape index (κ3) is 4.22. The minimum absolute atomic E-state index is 0.125. The number of phenols is 1. The number of rotatable bonds is 4. The molecular weight excluding hydrogens is 244 g/mol. The highest BCUT2D eigenvalue weighted by Crippen LogP contribution is 2.11. The lowest BCUT2D eigenvalue weighted by Crippen LogP contribution is -2.48. The third-order valence-corrected chi connectivity index (χ3v) is 3.30. The molecule has 4 N–H and O–H groups in total. The van der Waals surface area contributed by atoms with Crippen LogP contribution in [0.2, 0.25) is 0 Å². The summed E-state index contributed by atoms with van der Waals surface area (Å²) in [5.74, 6) is 0.0870. The first-order chi connectivity index (χ1) is 9.15. The fourth-order valence-electron chi connectivity index (χ4n) is 2.13. The number of aromatic hydroxyl groups is 1. The summed E-state index contributed by atoms with van der Waals surface area (Å²) in [4.78, 5) is 12.0. The molecule has 1 heterocycles. The summed E-state index contributed by atoms with van der Waals surface area (Å²) in [5.41, 5.74) is 6.84. The molecule has 1 aliphatic rings. The molecule has 5 nitrogen and oxygen atoms in total. The molecule has 1 aromatic carbocycles. The van der Waals surface area contributed by atoms with Gasteiger partial charge in [-0.05, 0) is 37.0 Å². The van der Waals surface area contributed by atoms with E-state index in [1.807, 2.05) is 0 Å². The Kier molecular flexibility index (Phi) is 4.76. The molecule has 1 saturated heterocycles. The number of carbonyl (C=O) groups excluding carboxylic acids is 1. The summed E-state index contributed by atoms with van der Waals surface area (Å²) >= 11 is 0. The molecule has 1 fully saturated rings. The van der Waals surface area contributed by atoms with Crippen molar-refractivity contribution in [1.29, 1.82) is 0 Å². The standard InChI is InChI=1S/C14H20N2O3/c15-13(9-10-1-3-12(17)4-2-10)14(18)16-11-5-7-19-8-6-11/h1-4,11,13,17H,5-9,15H2,(H,16,18)/t13-/m1/s1. The Morgan fingerprint density at radius 3 is 2.63 bits per heavy atom. The molecule has 0 aromatic heterocycles. The maximum atomic E-state index is 12.0. The lowest BCUT2D eigenvalue weighted by atomic mass is 10.0. The van der Waals surface area contributed by atoms with E-state index in [4.69, 9.17) is 10.5 Å². The predicted molar refractivity (Wildman–Crippen MR) is 71.8 cm³/mol. The zero-order chi connectivity index (χ0) is 13.7. The van der Waals surface area contributed by atoms with Crippen molar-refractivity contribution in [3.05, 3.63) is 29.8 Å². The van der Waals surface area contributed by atoms with Crippen LogP contribution in [-0.4, -0.2) is 36.3 Å². The molecule has 0 saturated carbocycles. The Morgan fingerprint density at radius 2 is 2.00 bits per heavy atom. The van der Waals surface area contributed by atoms with Gasteiger partial charge in [-0.3, -0.25) is 4.79 Å². The fourth-order valence-corrected chi connectivity index (χ4v) is 2.13. The molecule has 0 radical (unpaired) electrons. The van der Waals surface area contributed by atoms with E-state index in [-0.39, 0.29) is 17.7 Å². The van der Waals surface area contributed by atoms with Gasteiger partial charge in [-0.1, -0.05) is 12.1 Å². The van der Waals surface area contributed by atoms with Crippen molar-refractivity contribution in [2.24, 2.45) is 5.73 Å². The van der Waals surface area contributed by atoms with Crippen molar-refractivity contribution < 1.29 is 14.6 Å². The van der Waals surface area contributed by atoms with E-state index in [0.717, 1.165) is 18.4 Å². The van der Waals surface area contributed by atoms with Gasteiger partial charge in [0.1, 0.15) is 5.75 Å². The highest BCUT2D eigenvalue weighted by Gasteiger charge is 2.20. The first kappa shape index (κ1) is 13.8. The van der Waals surface area contributed by atoms with Crippen LogP contribution in [0.4, 0.5) is 0 Å². The number of carbonyl (C=O) groups is 1. The molecule has 0 spiro atoms. The molecule has 0 unspecified atom stereocenters. The second-order valence-electron chi connectivity index (χ2n) is 4.87. The molecule has 104 valence electrons.